The standard InChI is InChI=1S/C15H21N5O2/c1-15(2,3)20-14(21)22-8-7-18-12-10(16)9-19-11-5-4-6-17-13(11)12/h4-6,9H,7-8,16H2,1-3H3,(H,18,19)(H,20,21). The van der Waals surface area contributed by atoms with Crippen LogP contribution in [0.25, 0.3) is 11.0 Å². The van der Waals surface area contributed by atoms with Gasteiger partial charge in [-0.05, 0) is 32.9 Å². The van der Waals surface area contributed by atoms with Crippen molar-refractivity contribution in [2.45, 2.75) is 26.3 Å². The Morgan fingerprint density at radius 3 is 2.86 bits per heavy atom. The van der Waals surface area contributed by atoms with E-state index in [1.807, 2.05) is 32.9 Å². The van der Waals surface area contributed by atoms with Crippen LogP contribution < -0.4 is 16.4 Å². The van der Waals surface area contributed by atoms with E-state index < -0.39 is 6.09 Å². The minimum Gasteiger partial charge on any atom is -0.448 e. The molecule has 1 amide bonds. The predicted octanol–water partition coefficient (Wildman–Crippen LogP) is 2.15. The number of carbonyl (C=O) groups is 1. The van der Waals surface area contributed by atoms with E-state index in [9.17, 15) is 4.79 Å². The number of hydrogen-bond donors (Lipinski definition) is 3. The molecule has 0 saturated heterocycles. The van der Waals surface area contributed by atoms with Gasteiger partial charge in [-0.3, -0.25) is 9.97 Å². The molecule has 0 bridgehead atoms. The third-order valence-electron chi connectivity index (χ3n) is 2.77. The molecule has 2 rings (SSSR count). The smallest absolute Gasteiger partial charge is 0.407 e. The summed E-state index contributed by atoms with van der Waals surface area (Å²) in [7, 11) is 0. The van der Waals surface area contributed by atoms with Crippen molar-refractivity contribution in [3.63, 3.8) is 0 Å². The number of alkyl carbamates (subject to hydrolysis) is 1. The number of anilines is 2. The van der Waals surface area contributed by atoms with Gasteiger partial charge in [-0.15, -0.1) is 0 Å². The number of rotatable bonds is 4. The van der Waals surface area contributed by atoms with Crippen LogP contribution in [0.5, 0.6) is 0 Å². The first-order chi connectivity index (χ1) is 10.4. The summed E-state index contributed by atoms with van der Waals surface area (Å²) in [6.07, 6.45) is 2.82. The number of hydrogen-bond acceptors (Lipinski definition) is 6. The Hall–Kier alpha value is -2.57. The number of nitrogens with two attached hydrogens (primary N) is 1. The molecule has 22 heavy (non-hydrogen) atoms. The molecule has 0 aromatic carbocycles. The van der Waals surface area contributed by atoms with E-state index >= 15 is 0 Å². The molecular formula is C15H21N5O2. The van der Waals surface area contributed by atoms with Crippen LogP contribution in [0.2, 0.25) is 0 Å². The second-order valence-electron chi connectivity index (χ2n) is 5.90. The Labute approximate surface area is 129 Å². The maximum Gasteiger partial charge on any atom is 0.407 e. The maximum absolute atomic E-state index is 11.5. The molecule has 7 heteroatoms. The number of amides is 1. The van der Waals surface area contributed by atoms with Crippen molar-refractivity contribution in [2.75, 3.05) is 24.2 Å². The van der Waals surface area contributed by atoms with Gasteiger partial charge in [-0.1, -0.05) is 0 Å². The van der Waals surface area contributed by atoms with Crippen LogP contribution in [-0.4, -0.2) is 34.8 Å². The lowest BCUT2D eigenvalue weighted by Gasteiger charge is -2.20. The first-order valence-corrected chi connectivity index (χ1v) is 7.05. The molecule has 7 nitrogen and oxygen atoms in total. The highest BCUT2D eigenvalue weighted by Crippen LogP contribution is 2.25. The second kappa shape index (κ2) is 6.46. The Balaban J connectivity index is 1.93. The monoisotopic (exact) mass is 303 g/mol. The second-order valence-corrected chi connectivity index (χ2v) is 5.90. The quantitative estimate of drug-likeness (QED) is 0.748. The summed E-state index contributed by atoms with van der Waals surface area (Å²) in [4.78, 5) is 20.0. The number of fused-ring (bicyclic) bond motifs is 1. The fraction of sp³-hybridized carbons (Fsp3) is 0.400. The first kappa shape index (κ1) is 15.8. The number of nitrogens with one attached hydrogen (secondary N) is 2. The van der Waals surface area contributed by atoms with Gasteiger partial charge >= 0.3 is 6.09 Å². The average Bonchev–Trinajstić information content (AvgIpc) is 2.43. The lowest BCUT2D eigenvalue weighted by molar-refractivity contribution is 0.142. The third-order valence-corrected chi connectivity index (χ3v) is 2.77. The van der Waals surface area contributed by atoms with Gasteiger partial charge in [0.1, 0.15) is 12.1 Å². The summed E-state index contributed by atoms with van der Waals surface area (Å²) >= 11 is 0. The molecule has 0 aliphatic heterocycles. The molecule has 0 spiro atoms. The van der Waals surface area contributed by atoms with Crippen molar-refractivity contribution in [1.29, 1.82) is 0 Å². The number of aromatic nitrogens is 2. The topological polar surface area (TPSA) is 102 Å². The number of ether oxygens (including phenoxy) is 1. The van der Waals surface area contributed by atoms with E-state index in [2.05, 4.69) is 20.6 Å². The molecule has 0 aliphatic carbocycles. The van der Waals surface area contributed by atoms with Gasteiger partial charge in [0.25, 0.3) is 0 Å². The summed E-state index contributed by atoms with van der Waals surface area (Å²) in [6, 6.07) is 3.68. The van der Waals surface area contributed by atoms with E-state index in [1.54, 1.807) is 12.4 Å². The molecule has 0 aliphatic rings. The van der Waals surface area contributed by atoms with Crippen molar-refractivity contribution in [2.24, 2.45) is 0 Å². The molecule has 2 aromatic rings. The van der Waals surface area contributed by atoms with Gasteiger partial charge < -0.3 is 21.1 Å². The third kappa shape index (κ3) is 4.21. The van der Waals surface area contributed by atoms with Crippen molar-refractivity contribution in [3.05, 3.63) is 24.5 Å². The Bertz CT molecular complexity index is 667. The molecule has 2 heterocycles. The van der Waals surface area contributed by atoms with Crippen molar-refractivity contribution in [1.82, 2.24) is 15.3 Å². The van der Waals surface area contributed by atoms with Crippen molar-refractivity contribution < 1.29 is 9.53 Å². The maximum atomic E-state index is 11.5. The van der Waals surface area contributed by atoms with Crippen LogP contribution in [-0.2, 0) is 4.74 Å². The van der Waals surface area contributed by atoms with Crippen LogP contribution in [0.15, 0.2) is 24.5 Å². The molecule has 0 unspecified atom stereocenters. The number of carbonyl (C=O) groups excluding carboxylic acids is 1. The largest absolute Gasteiger partial charge is 0.448 e. The van der Waals surface area contributed by atoms with E-state index in [1.165, 1.54) is 0 Å². The molecule has 118 valence electrons. The van der Waals surface area contributed by atoms with Crippen molar-refractivity contribution in [3.8, 4) is 0 Å². The van der Waals surface area contributed by atoms with E-state index in [4.69, 9.17) is 10.5 Å². The van der Waals surface area contributed by atoms with E-state index in [-0.39, 0.29) is 12.1 Å². The molecule has 0 saturated carbocycles. The summed E-state index contributed by atoms with van der Waals surface area (Å²) in [5.41, 5.74) is 8.26. The van der Waals surface area contributed by atoms with Crippen LogP contribution in [0.4, 0.5) is 16.2 Å². The zero-order chi connectivity index (χ0) is 16.2. The zero-order valence-electron chi connectivity index (χ0n) is 13.0. The highest BCUT2D eigenvalue weighted by molar-refractivity contribution is 5.93. The van der Waals surface area contributed by atoms with Gasteiger partial charge in [0, 0.05) is 18.3 Å². The lowest BCUT2D eigenvalue weighted by atomic mass is 10.1. The molecule has 2 aromatic heterocycles. The van der Waals surface area contributed by atoms with Gasteiger partial charge in [0.05, 0.1) is 23.1 Å². The predicted molar refractivity (Wildman–Crippen MR) is 86.7 cm³/mol. The SMILES string of the molecule is CC(C)(C)NC(=O)OCCNc1c(N)cnc2cccnc12. The van der Waals surface area contributed by atoms with Crippen LogP contribution >= 0.6 is 0 Å². The fourth-order valence-electron chi connectivity index (χ4n) is 1.88. The van der Waals surface area contributed by atoms with Crippen LogP contribution in [0, 0.1) is 0 Å². The van der Waals surface area contributed by atoms with E-state index in [0.717, 1.165) is 5.52 Å². The molecular weight excluding hydrogens is 282 g/mol. The van der Waals surface area contributed by atoms with Crippen LogP contribution in [0.1, 0.15) is 20.8 Å². The Kier molecular flexibility index (Phi) is 4.65. The highest BCUT2D eigenvalue weighted by Gasteiger charge is 2.14. The fourth-order valence-corrected chi connectivity index (χ4v) is 1.88. The average molecular weight is 303 g/mol. The molecule has 4 N–H and O–H groups in total. The Morgan fingerprint density at radius 2 is 2.14 bits per heavy atom. The first-order valence-electron chi connectivity index (χ1n) is 7.05. The van der Waals surface area contributed by atoms with Crippen LogP contribution in [0.3, 0.4) is 0 Å². The number of pyridine rings is 2. The lowest BCUT2D eigenvalue weighted by Crippen LogP contribution is -2.41. The summed E-state index contributed by atoms with van der Waals surface area (Å²) in [6.45, 7) is 6.32. The molecule has 0 fully saturated rings. The molecule has 0 radical (unpaired) electrons. The van der Waals surface area contributed by atoms with Gasteiger partial charge in [-0.25, -0.2) is 4.79 Å². The normalized spacial score (nSPS) is 11.2. The summed E-state index contributed by atoms with van der Waals surface area (Å²) < 4.78 is 5.10. The minimum absolute atomic E-state index is 0.220. The van der Waals surface area contributed by atoms with Crippen molar-refractivity contribution >= 4 is 28.5 Å². The highest BCUT2D eigenvalue weighted by atomic mass is 16.5. The Morgan fingerprint density at radius 1 is 1.36 bits per heavy atom. The summed E-state index contributed by atoms with van der Waals surface area (Å²) in [5, 5.41) is 5.86. The number of nitrogen functional groups attached to an aromatic ring is 1. The molecule has 0 atom stereocenters. The minimum atomic E-state index is -0.444. The van der Waals surface area contributed by atoms with Gasteiger partial charge in [0.15, 0.2) is 0 Å². The van der Waals surface area contributed by atoms with Gasteiger partial charge in [-0.2, -0.15) is 0 Å². The number of nitrogens with zero attached hydrogens (tertiary/aromatic N) is 2. The summed E-state index contributed by atoms with van der Waals surface area (Å²) in [5.74, 6) is 0. The van der Waals surface area contributed by atoms with Gasteiger partial charge in [0.2, 0.25) is 0 Å². The van der Waals surface area contributed by atoms with E-state index in [0.29, 0.717) is 23.4 Å². The zero-order valence-corrected chi connectivity index (χ0v) is 13.0.